The first-order chi connectivity index (χ1) is 9.99. The lowest BCUT2D eigenvalue weighted by Gasteiger charge is -2.42. The summed E-state index contributed by atoms with van der Waals surface area (Å²) in [6, 6.07) is 6.97. The smallest absolute Gasteiger partial charge is 0.314 e. The van der Waals surface area contributed by atoms with Gasteiger partial charge in [-0.05, 0) is 37.0 Å². The second kappa shape index (κ2) is 6.16. The maximum absolute atomic E-state index is 11.5. The number of carbonyl (C=O) groups is 2. The summed E-state index contributed by atoms with van der Waals surface area (Å²) in [7, 11) is 0. The number of unbranched alkanes of at least 4 members (excludes halogenated alkanes) is 1. The summed E-state index contributed by atoms with van der Waals surface area (Å²) in [5.74, 6) is -1.74. The molecule has 0 aliphatic heterocycles. The van der Waals surface area contributed by atoms with Crippen LogP contribution in [-0.4, -0.2) is 28.8 Å². The van der Waals surface area contributed by atoms with Crippen LogP contribution in [0.1, 0.15) is 38.2 Å². The van der Waals surface area contributed by atoms with E-state index >= 15 is 0 Å². The molecular weight excluding hydrogens is 272 g/mol. The highest BCUT2D eigenvalue weighted by atomic mass is 16.5. The number of carboxylic acid groups (broad SMARTS) is 2. The van der Waals surface area contributed by atoms with Gasteiger partial charge >= 0.3 is 11.9 Å². The summed E-state index contributed by atoms with van der Waals surface area (Å²) in [6.45, 7) is 2.72. The number of hydrogen-bond acceptors (Lipinski definition) is 3. The largest absolute Gasteiger partial charge is 0.494 e. The first kappa shape index (κ1) is 15.4. The van der Waals surface area contributed by atoms with E-state index in [1.165, 1.54) is 0 Å². The third-order valence-electron chi connectivity index (χ3n) is 4.12. The Balaban J connectivity index is 2.09. The molecule has 0 bridgehead atoms. The Kier molecular flexibility index (Phi) is 4.50. The van der Waals surface area contributed by atoms with Crippen molar-refractivity contribution in [1.82, 2.24) is 0 Å². The lowest BCUT2D eigenvalue weighted by atomic mass is 9.58. The van der Waals surface area contributed by atoms with Crippen LogP contribution in [0.3, 0.4) is 0 Å². The molecule has 0 unspecified atom stereocenters. The van der Waals surface area contributed by atoms with E-state index in [-0.39, 0.29) is 12.8 Å². The molecule has 1 aliphatic rings. The standard InChI is InChI=1S/C16H20O5/c1-2-3-8-21-13-6-4-12(5-7-13)16(15(19)20)9-11(10-16)14(17)18/h4-7,11H,2-3,8-10H2,1H3,(H,17,18)(H,19,20). The molecule has 5 heteroatoms. The predicted octanol–water partition coefficient (Wildman–Crippen LogP) is 2.68. The number of ether oxygens (including phenoxy) is 1. The van der Waals surface area contributed by atoms with Gasteiger partial charge in [-0.3, -0.25) is 9.59 Å². The van der Waals surface area contributed by atoms with Crippen molar-refractivity contribution in [3.63, 3.8) is 0 Å². The summed E-state index contributed by atoms with van der Waals surface area (Å²) in [5.41, 5.74) is -0.416. The van der Waals surface area contributed by atoms with E-state index in [0.717, 1.165) is 12.8 Å². The van der Waals surface area contributed by atoms with Crippen LogP contribution in [0, 0.1) is 5.92 Å². The van der Waals surface area contributed by atoms with Crippen molar-refractivity contribution in [2.75, 3.05) is 6.61 Å². The quantitative estimate of drug-likeness (QED) is 0.755. The van der Waals surface area contributed by atoms with Crippen LogP contribution in [0.15, 0.2) is 24.3 Å². The van der Waals surface area contributed by atoms with Gasteiger partial charge in [0.15, 0.2) is 0 Å². The summed E-state index contributed by atoms with van der Waals surface area (Å²) in [5, 5.41) is 18.4. The molecule has 0 spiro atoms. The van der Waals surface area contributed by atoms with Gasteiger partial charge in [0.25, 0.3) is 0 Å². The van der Waals surface area contributed by atoms with Crippen molar-refractivity contribution >= 4 is 11.9 Å². The summed E-state index contributed by atoms with van der Waals surface area (Å²) < 4.78 is 5.54. The molecule has 1 aliphatic carbocycles. The van der Waals surface area contributed by atoms with Gasteiger partial charge in [-0.15, -0.1) is 0 Å². The average Bonchev–Trinajstić information content (AvgIpc) is 2.38. The first-order valence-corrected chi connectivity index (χ1v) is 7.19. The van der Waals surface area contributed by atoms with Gasteiger partial charge in [0.2, 0.25) is 0 Å². The van der Waals surface area contributed by atoms with Crippen molar-refractivity contribution in [3.05, 3.63) is 29.8 Å². The minimum atomic E-state index is -1.06. The van der Waals surface area contributed by atoms with Crippen LogP contribution < -0.4 is 4.74 Å². The fraction of sp³-hybridized carbons (Fsp3) is 0.500. The maximum Gasteiger partial charge on any atom is 0.314 e. The number of benzene rings is 1. The van der Waals surface area contributed by atoms with E-state index in [2.05, 4.69) is 6.92 Å². The average molecular weight is 292 g/mol. The second-order valence-electron chi connectivity index (χ2n) is 5.56. The zero-order valence-corrected chi connectivity index (χ0v) is 12.0. The van der Waals surface area contributed by atoms with Crippen molar-refractivity contribution < 1.29 is 24.5 Å². The topological polar surface area (TPSA) is 83.8 Å². The summed E-state index contributed by atoms with van der Waals surface area (Å²) >= 11 is 0. The third-order valence-corrected chi connectivity index (χ3v) is 4.12. The maximum atomic E-state index is 11.5. The van der Waals surface area contributed by atoms with Gasteiger partial charge in [0, 0.05) is 0 Å². The van der Waals surface area contributed by atoms with Gasteiger partial charge in [0.05, 0.1) is 17.9 Å². The molecule has 1 aromatic rings. The van der Waals surface area contributed by atoms with E-state index in [4.69, 9.17) is 9.84 Å². The Morgan fingerprint density at radius 2 is 1.86 bits per heavy atom. The van der Waals surface area contributed by atoms with E-state index in [0.29, 0.717) is 17.9 Å². The van der Waals surface area contributed by atoms with Crippen molar-refractivity contribution in [3.8, 4) is 5.75 Å². The fourth-order valence-corrected chi connectivity index (χ4v) is 2.69. The SMILES string of the molecule is CCCCOc1ccc(C2(C(=O)O)CC(C(=O)O)C2)cc1. The highest BCUT2D eigenvalue weighted by Gasteiger charge is 2.54. The van der Waals surface area contributed by atoms with E-state index < -0.39 is 23.3 Å². The molecule has 21 heavy (non-hydrogen) atoms. The Hall–Kier alpha value is -2.04. The third kappa shape index (κ3) is 3.01. The Labute approximate surface area is 123 Å². The number of hydrogen-bond donors (Lipinski definition) is 2. The molecule has 0 radical (unpaired) electrons. The summed E-state index contributed by atoms with van der Waals surface area (Å²) in [6.07, 6.45) is 2.32. The molecule has 2 rings (SSSR count). The van der Waals surface area contributed by atoms with Crippen molar-refractivity contribution in [2.24, 2.45) is 5.92 Å². The van der Waals surface area contributed by atoms with Crippen LogP contribution in [0.2, 0.25) is 0 Å². The first-order valence-electron chi connectivity index (χ1n) is 7.19. The summed E-state index contributed by atoms with van der Waals surface area (Å²) in [4.78, 5) is 22.5. The van der Waals surface area contributed by atoms with Crippen LogP contribution in [0.5, 0.6) is 5.75 Å². The van der Waals surface area contributed by atoms with Crippen LogP contribution >= 0.6 is 0 Å². The Bertz CT molecular complexity index is 514. The molecule has 1 fully saturated rings. The van der Waals surface area contributed by atoms with Crippen LogP contribution in [-0.2, 0) is 15.0 Å². The number of aliphatic carboxylic acids is 2. The normalized spacial score (nSPS) is 24.1. The molecule has 114 valence electrons. The zero-order valence-electron chi connectivity index (χ0n) is 12.0. The molecule has 0 heterocycles. The van der Waals surface area contributed by atoms with Gasteiger partial charge in [0.1, 0.15) is 5.75 Å². The highest BCUT2D eigenvalue weighted by molar-refractivity contribution is 5.86. The zero-order chi connectivity index (χ0) is 15.5. The lowest BCUT2D eigenvalue weighted by Crippen LogP contribution is -2.50. The second-order valence-corrected chi connectivity index (χ2v) is 5.56. The number of carboxylic acids is 2. The van der Waals surface area contributed by atoms with E-state index in [1.54, 1.807) is 24.3 Å². The van der Waals surface area contributed by atoms with Gasteiger partial charge in [-0.2, -0.15) is 0 Å². The highest BCUT2D eigenvalue weighted by Crippen LogP contribution is 2.48. The van der Waals surface area contributed by atoms with Gasteiger partial charge < -0.3 is 14.9 Å². The Morgan fingerprint density at radius 1 is 1.24 bits per heavy atom. The monoisotopic (exact) mass is 292 g/mol. The predicted molar refractivity (Wildman–Crippen MR) is 76.5 cm³/mol. The van der Waals surface area contributed by atoms with E-state index in [1.807, 2.05) is 0 Å². The van der Waals surface area contributed by atoms with E-state index in [9.17, 15) is 14.7 Å². The molecule has 1 aromatic carbocycles. The molecule has 0 atom stereocenters. The molecule has 2 N–H and O–H groups in total. The Morgan fingerprint density at radius 3 is 2.33 bits per heavy atom. The van der Waals surface area contributed by atoms with Crippen molar-refractivity contribution in [1.29, 1.82) is 0 Å². The molecular formula is C16H20O5. The molecule has 0 saturated heterocycles. The van der Waals surface area contributed by atoms with Gasteiger partial charge in [-0.25, -0.2) is 0 Å². The molecule has 0 aromatic heterocycles. The minimum Gasteiger partial charge on any atom is -0.494 e. The molecule has 0 amide bonds. The van der Waals surface area contributed by atoms with Crippen molar-refractivity contribution in [2.45, 2.75) is 38.0 Å². The fourth-order valence-electron chi connectivity index (χ4n) is 2.69. The number of rotatable bonds is 7. The van der Waals surface area contributed by atoms with Crippen LogP contribution in [0.25, 0.3) is 0 Å². The molecule has 5 nitrogen and oxygen atoms in total. The minimum absolute atomic E-state index is 0.147. The van der Waals surface area contributed by atoms with Crippen LogP contribution in [0.4, 0.5) is 0 Å². The molecule has 1 saturated carbocycles. The lowest BCUT2D eigenvalue weighted by molar-refractivity contribution is -0.157. The van der Waals surface area contributed by atoms with Gasteiger partial charge in [-0.1, -0.05) is 25.5 Å².